The smallest absolute Gasteiger partial charge is 0.128 e. The van der Waals surface area contributed by atoms with E-state index in [2.05, 4.69) is 6.92 Å². The van der Waals surface area contributed by atoms with E-state index >= 15 is 0 Å². The molecule has 0 bridgehead atoms. The van der Waals surface area contributed by atoms with Gasteiger partial charge in [0.25, 0.3) is 0 Å². The van der Waals surface area contributed by atoms with Crippen LogP contribution in [0.2, 0.25) is 0 Å². The Balaban J connectivity index is 2.27. The minimum Gasteiger partial charge on any atom is -0.494 e. The van der Waals surface area contributed by atoms with Gasteiger partial charge in [-0.05, 0) is 43.7 Å². The van der Waals surface area contributed by atoms with E-state index in [0.717, 1.165) is 29.2 Å². The first-order valence-electron chi connectivity index (χ1n) is 6.99. The maximum Gasteiger partial charge on any atom is 0.128 e. The molecule has 3 nitrogen and oxygen atoms in total. The summed E-state index contributed by atoms with van der Waals surface area (Å²) in [5.41, 5.74) is 7.14. The maximum absolute atomic E-state index is 6.15. The number of para-hydroxylation sites is 1. The average Bonchev–Trinajstić information content (AvgIpc) is 2.49. The van der Waals surface area contributed by atoms with Gasteiger partial charge in [-0.25, -0.2) is 0 Å². The summed E-state index contributed by atoms with van der Waals surface area (Å²) in [7, 11) is 0. The number of benzene rings is 2. The first-order valence-corrected chi connectivity index (χ1v) is 6.99. The number of rotatable bonds is 6. The van der Waals surface area contributed by atoms with Crippen LogP contribution in [0.15, 0.2) is 48.5 Å². The number of hydrogen-bond acceptors (Lipinski definition) is 3. The second-order valence-electron chi connectivity index (χ2n) is 4.56. The molecule has 0 aliphatic rings. The van der Waals surface area contributed by atoms with Crippen molar-refractivity contribution in [3.8, 4) is 17.2 Å². The fourth-order valence-electron chi connectivity index (χ4n) is 2.01. The molecule has 3 heteroatoms. The third-order valence-corrected chi connectivity index (χ3v) is 3.10. The summed E-state index contributed by atoms with van der Waals surface area (Å²) < 4.78 is 11.5. The molecular weight excluding hydrogens is 250 g/mol. The molecule has 0 heterocycles. The normalized spacial score (nSPS) is 11.9. The van der Waals surface area contributed by atoms with Crippen LogP contribution in [-0.4, -0.2) is 6.61 Å². The van der Waals surface area contributed by atoms with Crippen molar-refractivity contribution >= 4 is 0 Å². The zero-order valence-electron chi connectivity index (χ0n) is 12.0. The summed E-state index contributed by atoms with van der Waals surface area (Å²) in [5, 5.41) is 0. The monoisotopic (exact) mass is 271 g/mol. The molecule has 0 amide bonds. The molecule has 0 aromatic heterocycles. The molecule has 0 fully saturated rings. The molecular formula is C17H21NO2. The van der Waals surface area contributed by atoms with E-state index in [-0.39, 0.29) is 6.04 Å². The summed E-state index contributed by atoms with van der Waals surface area (Å²) in [6.07, 6.45) is 0.856. The van der Waals surface area contributed by atoms with Crippen molar-refractivity contribution in [3.05, 3.63) is 54.1 Å². The molecule has 0 aliphatic carbocycles. The Morgan fingerprint density at radius 3 is 2.40 bits per heavy atom. The molecule has 0 radical (unpaired) electrons. The summed E-state index contributed by atoms with van der Waals surface area (Å²) in [6.45, 7) is 4.66. The minimum absolute atomic E-state index is 0.0455. The lowest BCUT2D eigenvalue weighted by molar-refractivity contribution is 0.333. The highest BCUT2D eigenvalue weighted by atomic mass is 16.5. The van der Waals surface area contributed by atoms with Gasteiger partial charge in [-0.2, -0.15) is 0 Å². The van der Waals surface area contributed by atoms with E-state index in [9.17, 15) is 0 Å². The van der Waals surface area contributed by atoms with Crippen LogP contribution in [0.4, 0.5) is 0 Å². The van der Waals surface area contributed by atoms with Crippen molar-refractivity contribution in [1.82, 2.24) is 0 Å². The lowest BCUT2D eigenvalue weighted by Gasteiger charge is -2.16. The molecule has 2 rings (SSSR count). The van der Waals surface area contributed by atoms with E-state index in [0.29, 0.717) is 6.61 Å². The zero-order chi connectivity index (χ0) is 14.4. The molecule has 0 saturated heterocycles. The second kappa shape index (κ2) is 6.96. The molecule has 0 spiro atoms. The van der Waals surface area contributed by atoms with Crippen molar-refractivity contribution in [1.29, 1.82) is 0 Å². The Bertz CT molecular complexity index is 540. The van der Waals surface area contributed by atoms with Gasteiger partial charge in [0.1, 0.15) is 17.2 Å². The molecule has 1 atom stereocenters. The van der Waals surface area contributed by atoms with Crippen LogP contribution in [0, 0.1) is 0 Å². The molecule has 2 aromatic rings. The van der Waals surface area contributed by atoms with Gasteiger partial charge in [-0.15, -0.1) is 0 Å². The minimum atomic E-state index is -0.0455. The Morgan fingerprint density at radius 2 is 1.75 bits per heavy atom. The molecule has 2 N–H and O–H groups in total. The molecule has 1 unspecified atom stereocenters. The third kappa shape index (κ3) is 3.52. The van der Waals surface area contributed by atoms with Crippen LogP contribution in [0.5, 0.6) is 17.2 Å². The summed E-state index contributed by atoms with van der Waals surface area (Å²) in [4.78, 5) is 0. The predicted octanol–water partition coefficient (Wildman–Crippen LogP) is 4.29. The van der Waals surface area contributed by atoms with Gasteiger partial charge < -0.3 is 15.2 Å². The number of hydrogen-bond donors (Lipinski definition) is 1. The predicted molar refractivity (Wildman–Crippen MR) is 81.3 cm³/mol. The third-order valence-electron chi connectivity index (χ3n) is 3.10. The van der Waals surface area contributed by atoms with Crippen molar-refractivity contribution < 1.29 is 9.47 Å². The Labute approximate surface area is 120 Å². The second-order valence-corrected chi connectivity index (χ2v) is 4.56. The maximum atomic E-state index is 6.15. The highest BCUT2D eigenvalue weighted by molar-refractivity contribution is 5.43. The van der Waals surface area contributed by atoms with E-state index in [1.807, 2.05) is 55.5 Å². The summed E-state index contributed by atoms with van der Waals surface area (Å²) >= 11 is 0. The zero-order valence-corrected chi connectivity index (χ0v) is 12.0. The molecule has 0 saturated carbocycles. The standard InChI is InChI=1S/C17H21NO2/c1-3-16(18)15-12-14(10-11-17(15)19-4-2)20-13-8-6-5-7-9-13/h5-12,16H,3-4,18H2,1-2H3. The summed E-state index contributed by atoms with van der Waals surface area (Å²) in [5.74, 6) is 2.42. The summed E-state index contributed by atoms with van der Waals surface area (Å²) in [6, 6.07) is 15.5. The van der Waals surface area contributed by atoms with Crippen molar-refractivity contribution in [3.63, 3.8) is 0 Å². The van der Waals surface area contributed by atoms with Gasteiger partial charge in [0.15, 0.2) is 0 Å². The van der Waals surface area contributed by atoms with E-state index in [4.69, 9.17) is 15.2 Å². The number of ether oxygens (including phenoxy) is 2. The lowest BCUT2D eigenvalue weighted by Crippen LogP contribution is -2.11. The van der Waals surface area contributed by atoms with Crippen LogP contribution < -0.4 is 15.2 Å². The van der Waals surface area contributed by atoms with Crippen molar-refractivity contribution in [2.75, 3.05) is 6.61 Å². The average molecular weight is 271 g/mol. The van der Waals surface area contributed by atoms with E-state index in [1.165, 1.54) is 0 Å². The lowest BCUT2D eigenvalue weighted by atomic mass is 10.0. The largest absolute Gasteiger partial charge is 0.494 e. The van der Waals surface area contributed by atoms with Gasteiger partial charge in [-0.1, -0.05) is 25.1 Å². The van der Waals surface area contributed by atoms with Crippen molar-refractivity contribution in [2.24, 2.45) is 5.73 Å². The van der Waals surface area contributed by atoms with E-state index in [1.54, 1.807) is 0 Å². The number of nitrogens with two attached hydrogens (primary N) is 1. The van der Waals surface area contributed by atoms with E-state index < -0.39 is 0 Å². The Morgan fingerprint density at radius 1 is 1.00 bits per heavy atom. The van der Waals surface area contributed by atoms with Gasteiger partial charge >= 0.3 is 0 Å². The first-order chi connectivity index (χ1) is 9.74. The highest BCUT2D eigenvalue weighted by Crippen LogP contribution is 2.32. The van der Waals surface area contributed by atoms with Gasteiger partial charge in [0, 0.05) is 11.6 Å². The topological polar surface area (TPSA) is 44.5 Å². The van der Waals surface area contributed by atoms with Crippen LogP contribution >= 0.6 is 0 Å². The van der Waals surface area contributed by atoms with Crippen molar-refractivity contribution in [2.45, 2.75) is 26.3 Å². The van der Waals surface area contributed by atoms with Gasteiger partial charge in [0.2, 0.25) is 0 Å². The fraction of sp³-hybridized carbons (Fsp3) is 0.294. The van der Waals surface area contributed by atoms with Crippen LogP contribution in [0.25, 0.3) is 0 Å². The molecule has 20 heavy (non-hydrogen) atoms. The van der Waals surface area contributed by atoms with Gasteiger partial charge in [0.05, 0.1) is 6.61 Å². The van der Waals surface area contributed by atoms with Gasteiger partial charge in [-0.3, -0.25) is 0 Å². The quantitative estimate of drug-likeness (QED) is 0.852. The SMILES string of the molecule is CCOc1ccc(Oc2ccccc2)cc1C(N)CC. The molecule has 106 valence electrons. The van der Waals surface area contributed by atoms with Crippen LogP contribution in [0.1, 0.15) is 31.9 Å². The fourth-order valence-corrected chi connectivity index (χ4v) is 2.01. The Hall–Kier alpha value is -2.00. The first kappa shape index (κ1) is 14.4. The van der Waals surface area contributed by atoms with Crippen LogP contribution in [0.3, 0.4) is 0 Å². The highest BCUT2D eigenvalue weighted by Gasteiger charge is 2.12. The Kier molecular flexibility index (Phi) is 5.02. The molecule has 2 aromatic carbocycles. The van der Waals surface area contributed by atoms with Crippen LogP contribution in [-0.2, 0) is 0 Å². The molecule has 0 aliphatic heterocycles.